The third-order valence-corrected chi connectivity index (χ3v) is 5.39. The summed E-state index contributed by atoms with van der Waals surface area (Å²) >= 11 is 0. The van der Waals surface area contributed by atoms with Crippen LogP contribution in [0.5, 0.6) is 0 Å². The second kappa shape index (κ2) is 4.97. The summed E-state index contributed by atoms with van der Waals surface area (Å²) in [5, 5.41) is 12.2. The first-order valence-corrected chi connectivity index (χ1v) is 7.96. The van der Waals surface area contributed by atoms with Crippen molar-refractivity contribution in [3.05, 3.63) is 0 Å². The summed E-state index contributed by atoms with van der Waals surface area (Å²) in [5.74, 6) is -0.670. The standard InChI is InChI=1S/C16H25NO4/c1-15(2)5-10(6-15)13(18)17-12-3-4-21-16(9-12)7-11(8-16)14(19)20/h10-12H,3-9H2,1-2H3,(H,17,18)(H,19,20). The number of hydrogen-bond donors (Lipinski definition) is 2. The highest BCUT2D eigenvalue weighted by molar-refractivity contribution is 5.80. The molecule has 1 saturated heterocycles. The molecule has 0 aromatic carbocycles. The van der Waals surface area contributed by atoms with E-state index in [9.17, 15) is 9.59 Å². The summed E-state index contributed by atoms with van der Waals surface area (Å²) in [6.07, 6.45) is 4.71. The molecule has 21 heavy (non-hydrogen) atoms. The number of carboxylic acid groups (broad SMARTS) is 1. The Bertz CT molecular complexity index is 445. The van der Waals surface area contributed by atoms with E-state index in [4.69, 9.17) is 9.84 Å². The van der Waals surface area contributed by atoms with E-state index in [2.05, 4.69) is 19.2 Å². The zero-order valence-corrected chi connectivity index (χ0v) is 12.9. The summed E-state index contributed by atoms with van der Waals surface area (Å²) < 4.78 is 5.81. The predicted molar refractivity (Wildman–Crippen MR) is 76.7 cm³/mol. The minimum absolute atomic E-state index is 0.143. The van der Waals surface area contributed by atoms with Crippen LogP contribution in [0.1, 0.15) is 52.4 Å². The second-order valence-electron chi connectivity index (χ2n) is 7.94. The molecule has 0 aromatic rings. The van der Waals surface area contributed by atoms with Gasteiger partial charge in [0, 0.05) is 18.6 Å². The van der Waals surface area contributed by atoms with E-state index in [-0.39, 0.29) is 29.4 Å². The summed E-state index contributed by atoms with van der Waals surface area (Å²) in [7, 11) is 0. The molecule has 1 unspecified atom stereocenters. The van der Waals surface area contributed by atoms with Gasteiger partial charge < -0.3 is 15.2 Å². The average molecular weight is 295 g/mol. The first-order valence-electron chi connectivity index (χ1n) is 7.96. The molecule has 5 heteroatoms. The smallest absolute Gasteiger partial charge is 0.306 e. The van der Waals surface area contributed by atoms with Gasteiger partial charge in [-0.3, -0.25) is 9.59 Å². The maximum Gasteiger partial charge on any atom is 0.306 e. The van der Waals surface area contributed by atoms with Crippen LogP contribution in [-0.2, 0) is 14.3 Å². The molecule has 3 fully saturated rings. The number of carbonyl (C=O) groups is 2. The van der Waals surface area contributed by atoms with Crippen LogP contribution in [0, 0.1) is 17.3 Å². The van der Waals surface area contributed by atoms with Gasteiger partial charge in [0.1, 0.15) is 0 Å². The average Bonchev–Trinajstić information content (AvgIpc) is 2.32. The molecule has 2 aliphatic carbocycles. The van der Waals surface area contributed by atoms with Crippen molar-refractivity contribution >= 4 is 11.9 Å². The van der Waals surface area contributed by atoms with Gasteiger partial charge in [-0.2, -0.15) is 0 Å². The molecule has 1 spiro atoms. The lowest BCUT2D eigenvalue weighted by molar-refractivity contribution is -0.182. The van der Waals surface area contributed by atoms with E-state index in [0.29, 0.717) is 24.9 Å². The van der Waals surface area contributed by atoms with Gasteiger partial charge in [-0.25, -0.2) is 0 Å². The molecular formula is C16H25NO4. The molecule has 1 amide bonds. The molecule has 1 heterocycles. The van der Waals surface area contributed by atoms with Gasteiger partial charge in [-0.1, -0.05) is 13.8 Å². The molecule has 3 rings (SSSR count). The third kappa shape index (κ3) is 2.93. The van der Waals surface area contributed by atoms with E-state index < -0.39 is 5.97 Å². The van der Waals surface area contributed by atoms with E-state index >= 15 is 0 Å². The quantitative estimate of drug-likeness (QED) is 0.834. The molecule has 5 nitrogen and oxygen atoms in total. The van der Waals surface area contributed by atoms with E-state index in [1.54, 1.807) is 0 Å². The Hall–Kier alpha value is -1.10. The van der Waals surface area contributed by atoms with Crippen molar-refractivity contribution in [1.82, 2.24) is 5.32 Å². The fraction of sp³-hybridized carbons (Fsp3) is 0.875. The first-order chi connectivity index (χ1) is 9.79. The number of hydrogen-bond acceptors (Lipinski definition) is 3. The minimum atomic E-state index is -0.730. The molecule has 0 aromatic heterocycles. The van der Waals surface area contributed by atoms with Crippen LogP contribution in [0.3, 0.4) is 0 Å². The fourth-order valence-electron chi connectivity index (χ4n) is 4.23. The Labute approximate surface area is 125 Å². The largest absolute Gasteiger partial charge is 0.481 e. The zero-order valence-electron chi connectivity index (χ0n) is 12.9. The number of carbonyl (C=O) groups excluding carboxylic acids is 1. The van der Waals surface area contributed by atoms with Crippen LogP contribution in [0.2, 0.25) is 0 Å². The summed E-state index contributed by atoms with van der Waals surface area (Å²) in [6.45, 7) is 5.01. The van der Waals surface area contributed by atoms with Gasteiger partial charge in [0.15, 0.2) is 0 Å². The number of amides is 1. The van der Waals surface area contributed by atoms with Crippen molar-refractivity contribution in [2.24, 2.45) is 17.3 Å². The number of ether oxygens (including phenoxy) is 1. The zero-order chi connectivity index (χ0) is 15.3. The van der Waals surface area contributed by atoms with Crippen LogP contribution in [0.4, 0.5) is 0 Å². The van der Waals surface area contributed by atoms with Crippen molar-refractivity contribution in [3.63, 3.8) is 0 Å². The van der Waals surface area contributed by atoms with Crippen molar-refractivity contribution in [2.75, 3.05) is 6.61 Å². The SMILES string of the molecule is CC1(C)CC(C(=O)NC2CCOC3(C2)CC(C(=O)O)C3)C1. The highest BCUT2D eigenvalue weighted by atomic mass is 16.5. The molecule has 118 valence electrons. The van der Waals surface area contributed by atoms with Crippen molar-refractivity contribution in [2.45, 2.75) is 64.0 Å². The van der Waals surface area contributed by atoms with Crippen LogP contribution in [0.15, 0.2) is 0 Å². The lowest BCUT2D eigenvalue weighted by atomic mass is 9.64. The van der Waals surface area contributed by atoms with E-state index in [0.717, 1.165) is 25.7 Å². The van der Waals surface area contributed by atoms with Crippen LogP contribution >= 0.6 is 0 Å². The predicted octanol–water partition coefficient (Wildman–Crippen LogP) is 1.95. The van der Waals surface area contributed by atoms with Gasteiger partial charge in [-0.05, 0) is 43.9 Å². The van der Waals surface area contributed by atoms with E-state index in [1.807, 2.05) is 0 Å². The second-order valence-corrected chi connectivity index (χ2v) is 7.94. The highest BCUT2D eigenvalue weighted by Crippen LogP contribution is 2.47. The summed E-state index contributed by atoms with van der Waals surface area (Å²) in [6, 6.07) is 0.143. The molecule has 3 aliphatic rings. The number of carboxylic acids is 1. The Morgan fingerprint density at radius 1 is 1.10 bits per heavy atom. The van der Waals surface area contributed by atoms with Gasteiger partial charge in [0.05, 0.1) is 11.5 Å². The lowest BCUT2D eigenvalue weighted by Crippen LogP contribution is -2.57. The molecule has 0 bridgehead atoms. The van der Waals surface area contributed by atoms with Gasteiger partial charge >= 0.3 is 5.97 Å². The Kier molecular flexibility index (Phi) is 3.51. The molecule has 2 N–H and O–H groups in total. The molecule has 0 radical (unpaired) electrons. The maximum atomic E-state index is 12.2. The topological polar surface area (TPSA) is 75.6 Å². The third-order valence-electron chi connectivity index (χ3n) is 5.39. The van der Waals surface area contributed by atoms with Crippen molar-refractivity contribution in [3.8, 4) is 0 Å². The first kappa shape index (κ1) is 14.8. The van der Waals surface area contributed by atoms with Gasteiger partial charge in [0.2, 0.25) is 5.91 Å². The monoisotopic (exact) mass is 295 g/mol. The molecule has 1 atom stereocenters. The number of nitrogens with one attached hydrogen (secondary N) is 1. The minimum Gasteiger partial charge on any atom is -0.481 e. The van der Waals surface area contributed by atoms with E-state index in [1.165, 1.54) is 0 Å². The normalized spacial score (nSPS) is 31.2. The molecule has 2 saturated carbocycles. The van der Waals surface area contributed by atoms with Gasteiger partial charge in [-0.15, -0.1) is 0 Å². The summed E-state index contributed by atoms with van der Waals surface area (Å²) in [5.41, 5.74) is 0.0136. The Balaban J connectivity index is 1.49. The number of rotatable bonds is 3. The van der Waals surface area contributed by atoms with Crippen molar-refractivity contribution in [1.29, 1.82) is 0 Å². The van der Waals surface area contributed by atoms with Crippen LogP contribution in [0.25, 0.3) is 0 Å². The summed E-state index contributed by atoms with van der Waals surface area (Å²) in [4.78, 5) is 23.2. The number of aliphatic carboxylic acids is 1. The lowest BCUT2D eigenvalue weighted by Gasteiger charge is -2.50. The fourth-order valence-corrected chi connectivity index (χ4v) is 4.23. The van der Waals surface area contributed by atoms with Crippen molar-refractivity contribution < 1.29 is 19.4 Å². The highest BCUT2D eigenvalue weighted by Gasteiger charge is 2.51. The Morgan fingerprint density at radius 3 is 2.33 bits per heavy atom. The molecule has 1 aliphatic heterocycles. The maximum absolute atomic E-state index is 12.2. The van der Waals surface area contributed by atoms with Gasteiger partial charge in [0.25, 0.3) is 0 Å². The van der Waals surface area contributed by atoms with Crippen LogP contribution in [-0.4, -0.2) is 35.2 Å². The van der Waals surface area contributed by atoms with Crippen LogP contribution < -0.4 is 5.32 Å². The molecular weight excluding hydrogens is 270 g/mol. The Morgan fingerprint density at radius 2 is 1.76 bits per heavy atom.